The highest BCUT2D eigenvalue weighted by Gasteiger charge is 2.13. The van der Waals surface area contributed by atoms with Gasteiger partial charge in [-0.2, -0.15) is 0 Å². The molecule has 0 atom stereocenters. The predicted octanol–water partition coefficient (Wildman–Crippen LogP) is 5.83. The number of aliphatic carboxylic acids is 1. The molecule has 0 unspecified atom stereocenters. The fourth-order valence-corrected chi connectivity index (χ4v) is 4.02. The van der Waals surface area contributed by atoms with E-state index in [0.29, 0.717) is 13.0 Å². The minimum atomic E-state index is -0.744. The first-order chi connectivity index (χ1) is 14.2. The highest BCUT2D eigenvalue weighted by molar-refractivity contribution is 5.69. The van der Waals surface area contributed by atoms with Crippen molar-refractivity contribution in [3.05, 3.63) is 89.0 Å². The molecule has 0 fully saturated rings. The fraction of sp³-hybridized carbons (Fsp3) is 0.269. The van der Waals surface area contributed by atoms with Crippen molar-refractivity contribution in [3.8, 4) is 16.9 Å². The van der Waals surface area contributed by atoms with Crippen LogP contribution in [0.15, 0.2) is 66.7 Å². The monoisotopic (exact) mass is 386 g/mol. The number of rotatable bonds is 8. The summed E-state index contributed by atoms with van der Waals surface area (Å²) >= 11 is 0. The molecule has 1 aliphatic rings. The Morgan fingerprint density at radius 3 is 2.55 bits per heavy atom. The van der Waals surface area contributed by atoms with Gasteiger partial charge in [0.05, 0.1) is 0 Å². The molecule has 148 valence electrons. The van der Waals surface area contributed by atoms with Crippen LogP contribution in [0.2, 0.25) is 0 Å². The minimum absolute atomic E-state index is 0.206. The number of carbonyl (C=O) groups is 1. The van der Waals surface area contributed by atoms with Gasteiger partial charge >= 0.3 is 5.97 Å². The summed E-state index contributed by atoms with van der Waals surface area (Å²) in [6.45, 7) is 0.519. The topological polar surface area (TPSA) is 46.5 Å². The SMILES string of the molecule is O=C(O)CCCc1ccc(OCc2ccccc2-c2ccc3c(c2)CCC3)cc1. The molecule has 0 amide bonds. The normalized spacial score (nSPS) is 12.6. The van der Waals surface area contributed by atoms with Crippen LogP contribution in [0.4, 0.5) is 0 Å². The second kappa shape index (κ2) is 8.95. The molecular formula is C26H26O3. The minimum Gasteiger partial charge on any atom is -0.489 e. The number of ether oxygens (including phenoxy) is 1. The summed E-state index contributed by atoms with van der Waals surface area (Å²) in [5.41, 5.74) is 7.78. The number of carboxylic acids is 1. The Bertz CT molecular complexity index is 989. The Kier molecular flexibility index (Phi) is 5.95. The summed E-state index contributed by atoms with van der Waals surface area (Å²) < 4.78 is 6.05. The van der Waals surface area contributed by atoms with Crippen LogP contribution in [0, 0.1) is 0 Å². The Morgan fingerprint density at radius 2 is 1.72 bits per heavy atom. The van der Waals surface area contributed by atoms with Crippen molar-refractivity contribution in [1.29, 1.82) is 0 Å². The third-order valence-electron chi connectivity index (χ3n) is 5.60. The maximum atomic E-state index is 10.6. The summed E-state index contributed by atoms with van der Waals surface area (Å²) in [6, 6.07) is 23.2. The van der Waals surface area contributed by atoms with Crippen LogP contribution in [-0.4, -0.2) is 11.1 Å². The largest absolute Gasteiger partial charge is 0.489 e. The van der Waals surface area contributed by atoms with E-state index in [9.17, 15) is 4.79 Å². The Balaban J connectivity index is 1.42. The molecule has 3 nitrogen and oxygen atoms in total. The lowest BCUT2D eigenvalue weighted by atomic mass is 9.97. The lowest BCUT2D eigenvalue weighted by molar-refractivity contribution is -0.137. The average Bonchev–Trinajstić information content (AvgIpc) is 3.21. The first kappa shape index (κ1) is 19.3. The van der Waals surface area contributed by atoms with E-state index in [0.717, 1.165) is 17.7 Å². The van der Waals surface area contributed by atoms with E-state index in [1.54, 1.807) is 0 Å². The van der Waals surface area contributed by atoms with Gasteiger partial charge in [0.1, 0.15) is 12.4 Å². The Morgan fingerprint density at radius 1 is 0.931 bits per heavy atom. The van der Waals surface area contributed by atoms with Gasteiger partial charge in [-0.3, -0.25) is 4.79 Å². The summed E-state index contributed by atoms with van der Waals surface area (Å²) in [6.07, 6.45) is 5.28. The molecular weight excluding hydrogens is 360 g/mol. The third kappa shape index (κ3) is 4.86. The summed E-state index contributed by atoms with van der Waals surface area (Å²) in [4.78, 5) is 10.6. The second-order valence-electron chi connectivity index (χ2n) is 7.67. The molecule has 4 rings (SSSR count). The molecule has 0 saturated heterocycles. The van der Waals surface area contributed by atoms with E-state index in [1.807, 2.05) is 24.3 Å². The maximum Gasteiger partial charge on any atom is 0.303 e. The van der Waals surface area contributed by atoms with Crippen LogP contribution in [-0.2, 0) is 30.7 Å². The van der Waals surface area contributed by atoms with E-state index >= 15 is 0 Å². The van der Waals surface area contributed by atoms with Crippen molar-refractivity contribution in [2.75, 3.05) is 0 Å². The van der Waals surface area contributed by atoms with Gasteiger partial charge in [-0.1, -0.05) is 54.6 Å². The van der Waals surface area contributed by atoms with Crippen molar-refractivity contribution in [2.45, 2.75) is 45.1 Å². The number of hydrogen-bond acceptors (Lipinski definition) is 2. The molecule has 1 N–H and O–H groups in total. The summed E-state index contributed by atoms with van der Waals surface area (Å²) in [5, 5.41) is 8.74. The number of hydrogen-bond donors (Lipinski definition) is 1. The first-order valence-electron chi connectivity index (χ1n) is 10.3. The molecule has 3 aromatic carbocycles. The number of fused-ring (bicyclic) bond motifs is 1. The molecule has 0 aliphatic heterocycles. The van der Waals surface area contributed by atoms with Crippen molar-refractivity contribution in [2.24, 2.45) is 0 Å². The molecule has 0 spiro atoms. The highest BCUT2D eigenvalue weighted by Crippen LogP contribution is 2.30. The van der Waals surface area contributed by atoms with Gasteiger partial charge in [-0.05, 0) is 77.6 Å². The van der Waals surface area contributed by atoms with E-state index in [4.69, 9.17) is 9.84 Å². The summed E-state index contributed by atoms with van der Waals surface area (Å²) in [7, 11) is 0. The molecule has 0 bridgehead atoms. The van der Waals surface area contributed by atoms with Crippen molar-refractivity contribution in [1.82, 2.24) is 0 Å². The summed E-state index contributed by atoms with van der Waals surface area (Å²) in [5.74, 6) is 0.0859. The quantitative estimate of drug-likeness (QED) is 0.530. The standard InChI is InChI=1S/C26H26O3/c27-26(28)10-3-5-19-11-15-24(16-12-19)29-18-23-6-1-2-9-25(23)22-14-13-20-7-4-8-21(20)17-22/h1-2,6,9,11-17H,3-5,7-8,10,18H2,(H,27,28). The van der Waals surface area contributed by atoms with Gasteiger partial charge in [0.25, 0.3) is 0 Å². The lowest BCUT2D eigenvalue weighted by Crippen LogP contribution is -1.99. The molecule has 0 saturated carbocycles. The van der Waals surface area contributed by atoms with E-state index in [1.165, 1.54) is 47.1 Å². The zero-order valence-corrected chi connectivity index (χ0v) is 16.6. The van der Waals surface area contributed by atoms with Gasteiger partial charge in [-0.25, -0.2) is 0 Å². The Hall–Kier alpha value is -3.07. The van der Waals surface area contributed by atoms with Crippen LogP contribution >= 0.6 is 0 Å². The van der Waals surface area contributed by atoms with Gasteiger partial charge in [-0.15, -0.1) is 0 Å². The molecule has 0 aromatic heterocycles. The van der Waals surface area contributed by atoms with Crippen molar-refractivity contribution in [3.63, 3.8) is 0 Å². The highest BCUT2D eigenvalue weighted by atomic mass is 16.5. The molecule has 3 heteroatoms. The van der Waals surface area contributed by atoms with Gasteiger partial charge < -0.3 is 9.84 Å². The van der Waals surface area contributed by atoms with Crippen LogP contribution in [0.1, 0.15) is 41.5 Å². The fourth-order valence-electron chi connectivity index (χ4n) is 4.02. The molecule has 0 radical (unpaired) electrons. The maximum absolute atomic E-state index is 10.6. The predicted molar refractivity (Wildman–Crippen MR) is 115 cm³/mol. The van der Waals surface area contributed by atoms with Crippen LogP contribution in [0.3, 0.4) is 0 Å². The molecule has 3 aromatic rings. The van der Waals surface area contributed by atoms with Crippen LogP contribution in [0.25, 0.3) is 11.1 Å². The van der Waals surface area contributed by atoms with Gasteiger partial charge in [0, 0.05) is 6.42 Å². The van der Waals surface area contributed by atoms with E-state index < -0.39 is 5.97 Å². The number of benzene rings is 3. The van der Waals surface area contributed by atoms with Crippen molar-refractivity contribution >= 4 is 5.97 Å². The van der Waals surface area contributed by atoms with Gasteiger partial charge in [0.15, 0.2) is 0 Å². The molecule has 0 heterocycles. The number of aryl methyl sites for hydroxylation is 3. The van der Waals surface area contributed by atoms with Gasteiger partial charge in [0.2, 0.25) is 0 Å². The smallest absolute Gasteiger partial charge is 0.303 e. The van der Waals surface area contributed by atoms with E-state index in [2.05, 4.69) is 42.5 Å². The third-order valence-corrected chi connectivity index (χ3v) is 5.60. The second-order valence-corrected chi connectivity index (χ2v) is 7.67. The van der Waals surface area contributed by atoms with Crippen LogP contribution < -0.4 is 4.74 Å². The van der Waals surface area contributed by atoms with E-state index in [-0.39, 0.29) is 6.42 Å². The molecule has 1 aliphatic carbocycles. The zero-order valence-electron chi connectivity index (χ0n) is 16.6. The Labute approximate surface area is 172 Å². The molecule has 29 heavy (non-hydrogen) atoms. The first-order valence-corrected chi connectivity index (χ1v) is 10.3. The zero-order chi connectivity index (χ0) is 20.1. The van der Waals surface area contributed by atoms with Crippen molar-refractivity contribution < 1.29 is 14.6 Å². The number of carboxylic acid groups (broad SMARTS) is 1. The average molecular weight is 386 g/mol. The lowest BCUT2D eigenvalue weighted by Gasteiger charge is -2.13. The van der Waals surface area contributed by atoms with Crippen LogP contribution in [0.5, 0.6) is 5.75 Å².